The van der Waals surface area contributed by atoms with Crippen molar-refractivity contribution in [3.8, 4) is 11.4 Å². The summed E-state index contributed by atoms with van der Waals surface area (Å²) in [6, 6.07) is 3.23. The average Bonchev–Trinajstić information content (AvgIpc) is 3.10. The number of carboxylic acid groups (broad SMARTS) is 1. The van der Waals surface area contributed by atoms with Crippen LogP contribution >= 0.6 is 0 Å². The minimum atomic E-state index is -1.37. The van der Waals surface area contributed by atoms with Crippen LogP contribution in [0.25, 0.3) is 11.4 Å². The maximum absolute atomic E-state index is 11.9. The second-order valence-electron chi connectivity index (χ2n) is 8.11. The highest BCUT2D eigenvalue weighted by molar-refractivity contribution is 5.86. The highest BCUT2D eigenvalue weighted by Crippen LogP contribution is 2.26. The van der Waals surface area contributed by atoms with E-state index in [0.717, 1.165) is 25.7 Å². The molecule has 2 aromatic heterocycles. The van der Waals surface area contributed by atoms with Crippen molar-refractivity contribution in [2.24, 2.45) is 5.92 Å². The van der Waals surface area contributed by atoms with Crippen molar-refractivity contribution in [1.29, 1.82) is 0 Å². The number of aliphatic hydroxyl groups is 1. The molecule has 156 valence electrons. The Morgan fingerprint density at radius 3 is 2.55 bits per heavy atom. The van der Waals surface area contributed by atoms with E-state index in [9.17, 15) is 14.7 Å². The van der Waals surface area contributed by atoms with Gasteiger partial charge in [-0.3, -0.25) is 4.79 Å². The molecule has 1 amide bonds. The van der Waals surface area contributed by atoms with Crippen molar-refractivity contribution in [2.75, 3.05) is 0 Å². The fourth-order valence-electron chi connectivity index (χ4n) is 3.43. The minimum absolute atomic E-state index is 0.0530. The average molecular weight is 402 g/mol. The van der Waals surface area contributed by atoms with Gasteiger partial charge in [-0.15, -0.1) is 10.2 Å². The van der Waals surface area contributed by atoms with E-state index < -0.39 is 11.6 Å². The van der Waals surface area contributed by atoms with Gasteiger partial charge in [-0.2, -0.15) is 4.80 Å². The van der Waals surface area contributed by atoms with Crippen molar-refractivity contribution in [3.05, 3.63) is 23.5 Å². The number of aromatic nitrogens is 5. The van der Waals surface area contributed by atoms with E-state index in [1.165, 1.54) is 24.7 Å². The minimum Gasteiger partial charge on any atom is -0.477 e. The summed E-state index contributed by atoms with van der Waals surface area (Å²) in [5.41, 5.74) is -0.284. The molecule has 1 aliphatic carbocycles. The molecule has 10 heteroatoms. The molecule has 10 nitrogen and oxygen atoms in total. The monoisotopic (exact) mass is 402 g/mol. The third-order valence-electron chi connectivity index (χ3n) is 5.04. The molecule has 1 aliphatic rings. The number of rotatable bonds is 6. The van der Waals surface area contributed by atoms with E-state index in [1.54, 1.807) is 13.0 Å². The van der Waals surface area contributed by atoms with Crippen molar-refractivity contribution < 1.29 is 19.8 Å². The summed E-state index contributed by atoms with van der Waals surface area (Å²) >= 11 is 0. The van der Waals surface area contributed by atoms with Crippen molar-refractivity contribution in [3.63, 3.8) is 0 Å². The van der Waals surface area contributed by atoms with E-state index in [2.05, 4.69) is 25.7 Å². The van der Waals surface area contributed by atoms with Gasteiger partial charge in [-0.1, -0.05) is 0 Å². The summed E-state index contributed by atoms with van der Waals surface area (Å²) in [4.78, 5) is 28.6. The number of hydrogen-bond donors (Lipinski definition) is 3. The van der Waals surface area contributed by atoms with Gasteiger partial charge in [0.05, 0.1) is 6.54 Å². The second-order valence-corrected chi connectivity index (χ2v) is 8.11. The largest absolute Gasteiger partial charge is 0.477 e. The molecule has 1 fully saturated rings. The van der Waals surface area contributed by atoms with Crippen LogP contribution < -0.4 is 5.32 Å². The Balaban J connectivity index is 1.58. The summed E-state index contributed by atoms with van der Waals surface area (Å²) in [5.74, 6) is -0.724. The SMILES string of the molecule is Cc1cc(-c2nnn(CC3CCC(NC(=O)C(C)(C)O)CC3)n2)cc(C(=O)O)n1. The van der Waals surface area contributed by atoms with Crippen LogP contribution in [-0.4, -0.2) is 58.9 Å². The van der Waals surface area contributed by atoms with Gasteiger partial charge in [0, 0.05) is 17.3 Å². The lowest BCUT2D eigenvalue weighted by Crippen LogP contribution is -2.47. The second kappa shape index (κ2) is 8.24. The zero-order chi connectivity index (χ0) is 21.2. The highest BCUT2D eigenvalue weighted by Gasteiger charge is 2.29. The van der Waals surface area contributed by atoms with Crippen LogP contribution in [0.2, 0.25) is 0 Å². The maximum atomic E-state index is 11.9. The Morgan fingerprint density at radius 2 is 1.93 bits per heavy atom. The predicted octanol–water partition coefficient (Wildman–Crippen LogP) is 1.19. The lowest BCUT2D eigenvalue weighted by atomic mass is 9.86. The molecule has 3 N–H and O–H groups in total. The lowest BCUT2D eigenvalue weighted by Gasteiger charge is -2.30. The van der Waals surface area contributed by atoms with Gasteiger partial charge in [0.25, 0.3) is 5.91 Å². The molecule has 0 spiro atoms. The fraction of sp³-hybridized carbons (Fsp3) is 0.579. The van der Waals surface area contributed by atoms with E-state index >= 15 is 0 Å². The molecule has 0 bridgehead atoms. The number of amides is 1. The van der Waals surface area contributed by atoms with Gasteiger partial charge in [0.1, 0.15) is 11.3 Å². The van der Waals surface area contributed by atoms with Crippen LogP contribution in [0.1, 0.15) is 55.7 Å². The number of carbonyl (C=O) groups is 2. The van der Waals surface area contributed by atoms with Gasteiger partial charge in [0.2, 0.25) is 5.82 Å². The number of carboxylic acids is 1. The summed E-state index contributed by atoms with van der Waals surface area (Å²) < 4.78 is 0. The van der Waals surface area contributed by atoms with Gasteiger partial charge in [0.15, 0.2) is 0 Å². The fourth-order valence-corrected chi connectivity index (χ4v) is 3.43. The number of pyridine rings is 1. The third kappa shape index (κ3) is 5.35. The van der Waals surface area contributed by atoms with Crippen LogP contribution in [-0.2, 0) is 11.3 Å². The van der Waals surface area contributed by atoms with Crippen LogP contribution in [0, 0.1) is 12.8 Å². The topological polar surface area (TPSA) is 143 Å². The Morgan fingerprint density at radius 1 is 1.24 bits per heavy atom. The maximum Gasteiger partial charge on any atom is 0.354 e. The van der Waals surface area contributed by atoms with Gasteiger partial charge < -0.3 is 15.5 Å². The first-order chi connectivity index (χ1) is 13.6. The van der Waals surface area contributed by atoms with E-state index in [-0.39, 0.29) is 17.6 Å². The Kier molecular flexibility index (Phi) is 5.92. The van der Waals surface area contributed by atoms with Gasteiger partial charge in [-0.25, -0.2) is 9.78 Å². The molecule has 0 atom stereocenters. The molecule has 0 saturated heterocycles. The quantitative estimate of drug-likeness (QED) is 0.654. The summed E-state index contributed by atoms with van der Waals surface area (Å²) in [5, 5.41) is 34.3. The normalized spacial score (nSPS) is 19.7. The zero-order valence-electron chi connectivity index (χ0n) is 16.8. The van der Waals surface area contributed by atoms with Crippen LogP contribution in [0.4, 0.5) is 0 Å². The number of tetrazole rings is 1. The molecule has 0 radical (unpaired) electrons. The van der Waals surface area contributed by atoms with E-state index in [0.29, 0.717) is 29.5 Å². The molecule has 0 aromatic carbocycles. The first-order valence-electron chi connectivity index (χ1n) is 9.65. The summed E-state index contributed by atoms with van der Waals surface area (Å²) in [6.07, 6.45) is 3.48. The number of hydrogen-bond acceptors (Lipinski definition) is 7. The molecule has 1 saturated carbocycles. The number of nitrogens with one attached hydrogen (secondary N) is 1. The van der Waals surface area contributed by atoms with E-state index in [4.69, 9.17) is 5.11 Å². The molecule has 2 aromatic rings. The van der Waals surface area contributed by atoms with Crippen molar-refractivity contribution >= 4 is 11.9 Å². The summed E-state index contributed by atoms with van der Waals surface area (Å²) in [6.45, 7) is 5.28. The van der Waals surface area contributed by atoms with Crippen molar-refractivity contribution in [2.45, 2.75) is 64.6 Å². The highest BCUT2D eigenvalue weighted by atomic mass is 16.4. The Hall–Kier alpha value is -2.88. The first-order valence-corrected chi connectivity index (χ1v) is 9.65. The molecule has 2 heterocycles. The number of aryl methyl sites for hydroxylation is 1. The van der Waals surface area contributed by atoms with Gasteiger partial charge in [-0.05, 0) is 69.7 Å². The Bertz CT molecular complexity index is 896. The van der Waals surface area contributed by atoms with Crippen molar-refractivity contribution in [1.82, 2.24) is 30.5 Å². The smallest absolute Gasteiger partial charge is 0.354 e. The molecular weight excluding hydrogens is 376 g/mol. The summed E-state index contributed by atoms with van der Waals surface area (Å²) in [7, 11) is 0. The first kappa shape index (κ1) is 20.8. The number of carbonyl (C=O) groups excluding carboxylic acids is 1. The number of aromatic carboxylic acids is 1. The third-order valence-corrected chi connectivity index (χ3v) is 5.04. The standard InChI is InChI=1S/C19H26N6O4/c1-11-8-13(9-15(20-11)17(26)27)16-22-24-25(23-16)10-12-4-6-14(7-5-12)21-18(28)19(2,3)29/h8-9,12,14,29H,4-7,10H2,1-3H3,(H,21,28)(H,26,27). The van der Waals surface area contributed by atoms with Crippen LogP contribution in [0.5, 0.6) is 0 Å². The van der Waals surface area contributed by atoms with Gasteiger partial charge >= 0.3 is 5.97 Å². The Labute approximate surface area is 168 Å². The predicted molar refractivity (Wildman–Crippen MR) is 103 cm³/mol. The molecule has 29 heavy (non-hydrogen) atoms. The van der Waals surface area contributed by atoms with Crippen LogP contribution in [0.15, 0.2) is 12.1 Å². The molecule has 0 aliphatic heterocycles. The lowest BCUT2D eigenvalue weighted by molar-refractivity contribution is -0.137. The number of nitrogens with zero attached hydrogens (tertiary/aromatic N) is 5. The zero-order valence-corrected chi connectivity index (χ0v) is 16.8. The molecule has 3 rings (SSSR count). The molecular formula is C19H26N6O4. The van der Waals surface area contributed by atoms with E-state index in [1.807, 2.05) is 0 Å². The van der Waals surface area contributed by atoms with Crippen LogP contribution in [0.3, 0.4) is 0 Å². The molecule has 0 unspecified atom stereocenters.